The first-order valence-electron chi connectivity index (χ1n) is 9.99. The van der Waals surface area contributed by atoms with Crippen molar-refractivity contribution < 1.29 is 9.53 Å². The van der Waals surface area contributed by atoms with Crippen LogP contribution in [0.4, 0.5) is 5.69 Å². The summed E-state index contributed by atoms with van der Waals surface area (Å²) in [5.41, 5.74) is 4.53. The largest absolute Gasteiger partial charge is 0.465 e. The predicted molar refractivity (Wildman–Crippen MR) is 120 cm³/mol. The molecule has 0 saturated heterocycles. The Morgan fingerprint density at radius 1 is 1.10 bits per heavy atom. The number of hydrogen-bond donors (Lipinski definition) is 0. The molecule has 5 nitrogen and oxygen atoms in total. The van der Waals surface area contributed by atoms with E-state index in [9.17, 15) is 9.59 Å². The highest BCUT2D eigenvalue weighted by atomic mass is 16.5. The van der Waals surface area contributed by atoms with Crippen LogP contribution in [-0.2, 0) is 21.5 Å². The van der Waals surface area contributed by atoms with Gasteiger partial charge >= 0.3 is 5.97 Å². The first kappa shape index (κ1) is 20.9. The number of aromatic nitrogens is 1. The number of hydrogen-bond acceptors (Lipinski definition) is 4. The second-order valence-electron chi connectivity index (χ2n) is 8.72. The molecule has 0 aliphatic rings. The number of anilines is 1. The van der Waals surface area contributed by atoms with Crippen molar-refractivity contribution in [2.75, 3.05) is 25.6 Å². The van der Waals surface area contributed by atoms with Gasteiger partial charge in [-0.05, 0) is 48.6 Å². The van der Waals surface area contributed by atoms with Crippen LogP contribution in [0.2, 0.25) is 0 Å². The molecule has 0 saturated carbocycles. The highest BCUT2D eigenvalue weighted by Crippen LogP contribution is 2.32. The van der Waals surface area contributed by atoms with Gasteiger partial charge in [-0.2, -0.15) is 0 Å². The fourth-order valence-electron chi connectivity index (χ4n) is 3.88. The summed E-state index contributed by atoms with van der Waals surface area (Å²) >= 11 is 0. The molecule has 0 spiro atoms. The minimum Gasteiger partial charge on any atom is -0.465 e. The number of benzene rings is 2. The number of carbonyl (C=O) groups is 1. The molecule has 0 atom stereocenters. The SMILES string of the molecule is CCOC(=O)Cn1c2cc(C(C)(C)C)ccc2c(=O)c2ccc(C)c(N(C)C)c21. The van der Waals surface area contributed by atoms with Gasteiger partial charge in [0.1, 0.15) is 6.54 Å². The molecule has 3 rings (SSSR count). The van der Waals surface area contributed by atoms with Crippen molar-refractivity contribution in [3.05, 3.63) is 51.7 Å². The van der Waals surface area contributed by atoms with Gasteiger partial charge in [-0.1, -0.05) is 32.9 Å². The minimum atomic E-state index is -0.314. The molecule has 0 amide bonds. The van der Waals surface area contributed by atoms with Crippen LogP contribution in [0.5, 0.6) is 0 Å². The summed E-state index contributed by atoms with van der Waals surface area (Å²) in [5, 5.41) is 1.22. The van der Waals surface area contributed by atoms with Crippen LogP contribution < -0.4 is 10.3 Å². The van der Waals surface area contributed by atoms with Crippen molar-refractivity contribution in [1.29, 1.82) is 0 Å². The Morgan fingerprint density at radius 2 is 1.76 bits per heavy atom. The third-order valence-corrected chi connectivity index (χ3v) is 5.31. The number of nitrogens with zero attached hydrogens (tertiary/aromatic N) is 2. The Morgan fingerprint density at radius 3 is 2.34 bits per heavy atom. The lowest BCUT2D eigenvalue weighted by Crippen LogP contribution is -2.22. The maximum atomic E-state index is 13.4. The fraction of sp³-hybridized carbons (Fsp3) is 0.417. The lowest BCUT2D eigenvalue weighted by molar-refractivity contribution is -0.143. The van der Waals surface area contributed by atoms with E-state index in [0.717, 1.165) is 27.8 Å². The molecule has 29 heavy (non-hydrogen) atoms. The third-order valence-electron chi connectivity index (χ3n) is 5.31. The van der Waals surface area contributed by atoms with Gasteiger partial charge in [-0.25, -0.2) is 0 Å². The fourth-order valence-corrected chi connectivity index (χ4v) is 3.88. The summed E-state index contributed by atoms with van der Waals surface area (Å²) in [7, 11) is 3.91. The number of esters is 1. The van der Waals surface area contributed by atoms with Crippen LogP contribution in [0.1, 0.15) is 38.8 Å². The van der Waals surface area contributed by atoms with Crippen molar-refractivity contribution >= 4 is 33.5 Å². The van der Waals surface area contributed by atoms with Crippen molar-refractivity contribution in [3.63, 3.8) is 0 Å². The molecule has 0 aliphatic carbocycles. The van der Waals surface area contributed by atoms with E-state index in [0.29, 0.717) is 17.4 Å². The Kier molecular flexibility index (Phi) is 5.44. The first-order chi connectivity index (χ1) is 13.6. The molecular weight excluding hydrogens is 364 g/mol. The zero-order valence-electron chi connectivity index (χ0n) is 18.4. The smallest absolute Gasteiger partial charge is 0.325 e. The normalized spacial score (nSPS) is 11.8. The van der Waals surface area contributed by atoms with E-state index < -0.39 is 0 Å². The number of pyridine rings is 1. The van der Waals surface area contributed by atoms with Crippen molar-refractivity contribution in [2.45, 2.75) is 46.6 Å². The van der Waals surface area contributed by atoms with Crippen molar-refractivity contribution in [2.24, 2.45) is 0 Å². The second-order valence-corrected chi connectivity index (χ2v) is 8.72. The van der Waals surface area contributed by atoms with E-state index in [1.54, 1.807) is 6.92 Å². The molecular formula is C24H30N2O3. The van der Waals surface area contributed by atoms with Gasteiger partial charge < -0.3 is 14.2 Å². The van der Waals surface area contributed by atoms with Crippen LogP contribution in [-0.4, -0.2) is 31.2 Å². The lowest BCUT2D eigenvalue weighted by Gasteiger charge is -2.24. The Labute approximate surface area is 171 Å². The Bertz CT molecular complexity index is 1150. The van der Waals surface area contributed by atoms with Crippen LogP contribution in [0, 0.1) is 6.92 Å². The zero-order chi connectivity index (χ0) is 21.5. The summed E-state index contributed by atoms with van der Waals surface area (Å²) in [6.45, 7) is 10.6. The van der Waals surface area contributed by atoms with Gasteiger partial charge in [0.2, 0.25) is 0 Å². The molecule has 0 fully saturated rings. The molecule has 0 unspecified atom stereocenters. The number of aryl methyl sites for hydroxylation is 1. The molecule has 0 N–H and O–H groups in total. The lowest BCUT2D eigenvalue weighted by atomic mass is 9.86. The highest BCUT2D eigenvalue weighted by molar-refractivity contribution is 6.01. The van der Waals surface area contributed by atoms with Crippen LogP contribution in [0.25, 0.3) is 21.8 Å². The van der Waals surface area contributed by atoms with E-state index in [1.165, 1.54) is 0 Å². The summed E-state index contributed by atoms with van der Waals surface area (Å²) in [4.78, 5) is 27.8. The van der Waals surface area contributed by atoms with Gasteiger partial charge in [0.15, 0.2) is 5.43 Å². The van der Waals surface area contributed by atoms with E-state index in [4.69, 9.17) is 4.74 Å². The number of rotatable bonds is 4. The topological polar surface area (TPSA) is 51.5 Å². The maximum absolute atomic E-state index is 13.4. The number of ether oxygens (including phenoxy) is 1. The second kappa shape index (κ2) is 7.54. The van der Waals surface area contributed by atoms with Crippen molar-refractivity contribution in [1.82, 2.24) is 4.57 Å². The van der Waals surface area contributed by atoms with Gasteiger partial charge in [0.05, 0.1) is 23.3 Å². The quantitative estimate of drug-likeness (QED) is 0.486. The minimum absolute atomic E-state index is 0.0151. The van der Waals surface area contributed by atoms with Gasteiger partial charge in [0.25, 0.3) is 0 Å². The van der Waals surface area contributed by atoms with E-state index in [1.807, 2.05) is 60.8 Å². The summed E-state index contributed by atoms with van der Waals surface area (Å²) < 4.78 is 7.20. The first-order valence-corrected chi connectivity index (χ1v) is 9.99. The van der Waals surface area contributed by atoms with Crippen LogP contribution >= 0.6 is 0 Å². The molecule has 2 aromatic carbocycles. The Hall–Kier alpha value is -2.82. The zero-order valence-corrected chi connectivity index (χ0v) is 18.4. The molecule has 0 aliphatic heterocycles. The highest BCUT2D eigenvalue weighted by Gasteiger charge is 2.21. The van der Waals surface area contributed by atoms with Gasteiger partial charge in [0, 0.05) is 24.9 Å². The van der Waals surface area contributed by atoms with E-state index in [-0.39, 0.29) is 23.4 Å². The number of fused-ring (bicyclic) bond motifs is 2. The standard InChI is InChI=1S/C24H30N2O3/c1-8-29-20(27)14-26-19-13-16(24(3,4)5)10-12-17(19)23(28)18-11-9-15(2)21(22(18)26)25(6)7/h9-13H,8,14H2,1-7H3. The van der Waals surface area contributed by atoms with Crippen molar-refractivity contribution in [3.8, 4) is 0 Å². The average molecular weight is 395 g/mol. The van der Waals surface area contributed by atoms with Crippen LogP contribution in [0.15, 0.2) is 35.1 Å². The molecule has 5 heteroatoms. The average Bonchev–Trinajstić information content (AvgIpc) is 2.63. The summed E-state index contributed by atoms with van der Waals surface area (Å²) in [5.74, 6) is -0.314. The molecule has 154 valence electrons. The van der Waals surface area contributed by atoms with E-state index in [2.05, 4.69) is 20.8 Å². The molecule has 0 bridgehead atoms. The van der Waals surface area contributed by atoms with Gasteiger partial charge in [-0.3, -0.25) is 9.59 Å². The van der Waals surface area contributed by atoms with Gasteiger partial charge in [-0.15, -0.1) is 0 Å². The van der Waals surface area contributed by atoms with E-state index >= 15 is 0 Å². The number of carbonyl (C=O) groups excluding carboxylic acids is 1. The Balaban J connectivity index is 2.53. The molecule has 3 aromatic rings. The maximum Gasteiger partial charge on any atom is 0.325 e. The molecule has 0 radical (unpaired) electrons. The third kappa shape index (κ3) is 3.74. The molecule has 1 aromatic heterocycles. The monoisotopic (exact) mass is 394 g/mol. The van der Waals surface area contributed by atoms with Crippen LogP contribution in [0.3, 0.4) is 0 Å². The summed E-state index contributed by atoms with van der Waals surface area (Å²) in [6.07, 6.45) is 0. The summed E-state index contributed by atoms with van der Waals surface area (Å²) in [6, 6.07) is 9.75. The molecule has 1 heterocycles. The predicted octanol–water partition coefficient (Wildman–Crippen LogP) is 4.39.